The maximum atomic E-state index is 5.68. The molecule has 0 aromatic carbocycles. The highest BCUT2D eigenvalue weighted by molar-refractivity contribution is 6.17. The Hall–Kier alpha value is -0.150. The topological polar surface area (TPSA) is 102 Å². The van der Waals surface area contributed by atoms with Crippen LogP contribution in [0.2, 0.25) is 0 Å². The van der Waals surface area contributed by atoms with Crippen LogP contribution in [0.4, 0.5) is 0 Å². The molecule has 0 unspecified atom stereocenters. The Balaban J connectivity index is 3.04. The van der Waals surface area contributed by atoms with Crippen LogP contribution in [0, 0.1) is 0 Å². The van der Waals surface area contributed by atoms with Gasteiger partial charge in [0.05, 0.1) is 139 Å². The highest BCUT2D eigenvalue weighted by atomic mass is 35.5. The lowest BCUT2D eigenvalue weighted by Crippen LogP contribution is -2.15. The third kappa shape index (κ3) is 47.8. The lowest BCUT2D eigenvalue weighted by molar-refractivity contribution is -0.0274. The minimum Gasteiger partial charge on any atom is -0.379 e. The zero-order chi connectivity index (χ0) is 35.9. The molecule has 0 saturated heterocycles. The SMILES string of the molecule is CCCCCCCCCCCCCCCCOCCOCCOCCOCCOCCOCCOCCOCCOCCOCCOCCCl. The minimum atomic E-state index is 0.501. The molecule has 0 atom stereocenters. The molecule has 0 rings (SSSR count). The zero-order valence-corrected chi connectivity index (χ0v) is 32.8. The van der Waals surface area contributed by atoms with E-state index in [2.05, 4.69) is 6.92 Å². The van der Waals surface area contributed by atoms with Gasteiger partial charge in [0.2, 0.25) is 0 Å². The van der Waals surface area contributed by atoms with Crippen molar-refractivity contribution in [1.82, 2.24) is 0 Å². The number of unbranched alkanes of at least 4 members (excludes halogenated alkanes) is 13. The van der Waals surface area contributed by atoms with Crippen molar-refractivity contribution in [3.63, 3.8) is 0 Å². The zero-order valence-electron chi connectivity index (χ0n) is 32.0. The quantitative estimate of drug-likeness (QED) is 0.0481. The lowest BCUT2D eigenvalue weighted by atomic mass is 10.0. The Bertz CT molecular complexity index is 533. The van der Waals surface area contributed by atoms with Crippen molar-refractivity contribution in [3.05, 3.63) is 0 Å². The molecule has 0 aromatic rings. The van der Waals surface area contributed by atoms with E-state index in [1.807, 2.05) is 0 Å². The smallest absolute Gasteiger partial charge is 0.0701 e. The van der Waals surface area contributed by atoms with Gasteiger partial charge in [-0.1, -0.05) is 90.4 Å². The van der Waals surface area contributed by atoms with E-state index < -0.39 is 0 Å². The normalized spacial score (nSPS) is 11.6. The second-order valence-corrected chi connectivity index (χ2v) is 12.4. The van der Waals surface area contributed by atoms with Gasteiger partial charge < -0.3 is 52.1 Å². The first-order valence-corrected chi connectivity index (χ1v) is 20.4. The molecule has 50 heavy (non-hydrogen) atoms. The van der Waals surface area contributed by atoms with Crippen LogP contribution in [0.1, 0.15) is 96.8 Å². The minimum absolute atomic E-state index is 0.501. The molecule has 0 heterocycles. The third-order valence-corrected chi connectivity index (χ3v) is 7.74. The van der Waals surface area contributed by atoms with E-state index in [4.69, 9.17) is 63.7 Å². The maximum Gasteiger partial charge on any atom is 0.0701 e. The molecule has 0 aliphatic rings. The predicted octanol–water partition coefficient (Wildman–Crippen LogP) is 6.89. The van der Waals surface area contributed by atoms with E-state index in [9.17, 15) is 0 Å². The predicted molar refractivity (Wildman–Crippen MR) is 200 cm³/mol. The Morgan fingerprint density at radius 1 is 0.220 bits per heavy atom. The fourth-order valence-corrected chi connectivity index (χ4v) is 4.86. The van der Waals surface area contributed by atoms with E-state index >= 15 is 0 Å². The van der Waals surface area contributed by atoms with Crippen molar-refractivity contribution in [2.45, 2.75) is 96.8 Å². The van der Waals surface area contributed by atoms with Crippen molar-refractivity contribution in [2.75, 3.05) is 151 Å². The Morgan fingerprint density at radius 2 is 0.400 bits per heavy atom. The van der Waals surface area contributed by atoms with E-state index in [-0.39, 0.29) is 0 Å². The molecule has 0 spiro atoms. The Kier molecular flexibility index (Phi) is 48.7. The van der Waals surface area contributed by atoms with E-state index in [1.165, 1.54) is 83.5 Å². The van der Waals surface area contributed by atoms with Gasteiger partial charge in [0.25, 0.3) is 0 Å². The molecule has 0 amide bonds. The molecular formula is C38H77ClO11. The van der Waals surface area contributed by atoms with Crippen LogP contribution in [0.5, 0.6) is 0 Å². The number of rotatable bonds is 47. The van der Waals surface area contributed by atoms with Crippen molar-refractivity contribution < 1.29 is 52.1 Å². The number of hydrogen-bond acceptors (Lipinski definition) is 11. The van der Waals surface area contributed by atoms with Crippen LogP contribution >= 0.6 is 11.6 Å². The molecule has 0 aromatic heterocycles. The average Bonchev–Trinajstić information content (AvgIpc) is 3.13. The van der Waals surface area contributed by atoms with Gasteiger partial charge >= 0.3 is 0 Å². The van der Waals surface area contributed by atoms with Gasteiger partial charge in [0.15, 0.2) is 0 Å². The molecule has 0 saturated carbocycles. The fraction of sp³-hybridized carbons (Fsp3) is 1.00. The van der Waals surface area contributed by atoms with Gasteiger partial charge in [-0.25, -0.2) is 0 Å². The van der Waals surface area contributed by atoms with Crippen LogP contribution in [0.15, 0.2) is 0 Å². The van der Waals surface area contributed by atoms with E-state index in [0.29, 0.717) is 145 Å². The molecule has 302 valence electrons. The summed E-state index contributed by atoms with van der Waals surface area (Å²) in [5.74, 6) is 0.501. The molecule has 0 fully saturated rings. The van der Waals surface area contributed by atoms with Gasteiger partial charge in [-0.2, -0.15) is 0 Å². The second kappa shape index (κ2) is 48.9. The van der Waals surface area contributed by atoms with Gasteiger partial charge in [0.1, 0.15) is 0 Å². The summed E-state index contributed by atoms with van der Waals surface area (Å²) in [6, 6.07) is 0. The van der Waals surface area contributed by atoms with Crippen LogP contribution in [0.25, 0.3) is 0 Å². The van der Waals surface area contributed by atoms with Gasteiger partial charge in [-0.05, 0) is 6.42 Å². The summed E-state index contributed by atoms with van der Waals surface area (Å²) in [4.78, 5) is 0. The monoisotopic (exact) mass is 745 g/mol. The average molecular weight is 745 g/mol. The summed E-state index contributed by atoms with van der Waals surface area (Å²) in [6.07, 6.45) is 19.3. The molecule has 0 bridgehead atoms. The highest BCUT2D eigenvalue weighted by Crippen LogP contribution is 2.13. The van der Waals surface area contributed by atoms with Gasteiger partial charge in [0, 0.05) is 12.5 Å². The molecule has 0 aliphatic heterocycles. The number of ether oxygens (including phenoxy) is 11. The molecule has 11 nitrogen and oxygen atoms in total. The second-order valence-electron chi connectivity index (χ2n) is 12.0. The van der Waals surface area contributed by atoms with Crippen LogP contribution in [-0.2, 0) is 52.1 Å². The summed E-state index contributed by atoms with van der Waals surface area (Å²) in [7, 11) is 0. The highest BCUT2D eigenvalue weighted by Gasteiger charge is 1.98. The number of alkyl halides is 1. The van der Waals surface area contributed by atoms with E-state index in [1.54, 1.807) is 0 Å². The van der Waals surface area contributed by atoms with Crippen LogP contribution in [-0.4, -0.2) is 151 Å². The van der Waals surface area contributed by atoms with Gasteiger partial charge in [-0.3, -0.25) is 0 Å². The first kappa shape index (κ1) is 49.9. The van der Waals surface area contributed by atoms with Crippen LogP contribution < -0.4 is 0 Å². The lowest BCUT2D eigenvalue weighted by Gasteiger charge is -2.09. The fourth-order valence-electron chi connectivity index (χ4n) is 4.75. The maximum absolute atomic E-state index is 5.68. The standard InChI is InChI=1S/C38H77ClO11/c1-2-3-4-5-6-7-8-9-10-11-12-13-14-15-17-40-19-21-42-23-25-44-27-29-46-31-33-48-35-37-50-38-36-49-34-32-47-30-28-45-26-24-43-22-20-41-18-16-39/h2-38H2,1H3. The summed E-state index contributed by atoms with van der Waals surface area (Å²) < 4.78 is 60.3. The Labute approximate surface area is 311 Å². The molecule has 0 aliphatic carbocycles. The summed E-state index contributed by atoms with van der Waals surface area (Å²) in [6.45, 7) is 14.6. The van der Waals surface area contributed by atoms with E-state index in [0.717, 1.165) is 13.0 Å². The molecule has 12 heteroatoms. The number of hydrogen-bond donors (Lipinski definition) is 0. The molecule has 0 radical (unpaired) electrons. The first-order chi connectivity index (χ1) is 24.9. The molecular weight excluding hydrogens is 668 g/mol. The first-order valence-electron chi connectivity index (χ1n) is 19.8. The Morgan fingerprint density at radius 3 is 0.620 bits per heavy atom. The third-order valence-electron chi connectivity index (χ3n) is 7.58. The van der Waals surface area contributed by atoms with Crippen molar-refractivity contribution in [3.8, 4) is 0 Å². The van der Waals surface area contributed by atoms with Crippen LogP contribution in [0.3, 0.4) is 0 Å². The summed E-state index contributed by atoms with van der Waals surface area (Å²) in [5.41, 5.74) is 0. The van der Waals surface area contributed by atoms with Crippen molar-refractivity contribution in [2.24, 2.45) is 0 Å². The molecule has 0 N–H and O–H groups in total. The van der Waals surface area contributed by atoms with Crippen molar-refractivity contribution in [1.29, 1.82) is 0 Å². The largest absolute Gasteiger partial charge is 0.379 e. The summed E-state index contributed by atoms with van der Waals surface area (Å²) in [5, 5.41) is 0. The summed E-state index contributed by atoms with van der Waals surface area (Å²) >= 11 is 5.52. The van der Waals surface area contributed by atoms with Crippen molar-refractivity contribution >= 4 is 11.6 Å². The van der Waals surface area contributed by atoms with Gasteiger partial charge in [-0.15, -0.1) is 11.6 Å². The number of halogens is 1.